The number of hydrogen-bond acceptors (Lipinski definition) is 3. The first-order chi connectivity index (χ1) is 13.5. The van der Waals surface area contributed by atoms with Gasteiger partial charge in [0.05, 0.1) is 14.2 Å². The number of aromatic nitrogens is 1. The maximum atomic E-state index is 12.4. The highest BCUT2D eigenvalue weighted by atomic mass is 16.5. The third-order valence-electron chi connectivity index (χ3n) is 4.81. The first kappa shape index (κ1) is 19.5. The summed E-state index contributed by atoms with van der Waals surface area (Å²) in [4.78, 5) is 12.4. The van der Waals surface area contributed by atoms with Crippen LogP contribution in [0.25, 0.3) is 5.69 Å². The van der Waals surface area contributed by atoms with Crippen molar-refractivity contribution in [1.29, 1.82) is 0 Å². The molecule has 146 valence electrons. The van der Waals surface area contributed by atoms with Gasteiger partial charge >= 0.3 is 0 Å². The summed E-state index contributed by atoms with van der Waals surface area (Å²) in [7, 11) is 3.23. The van der Waals surface area contributed by atoms with Crippen LogP contribution in [0.3, 0.4) is 0 Å². The Bertz CT molecular complexity index is 939. The summed E-state index contributed by atoms with van der Waals surface area (Å²) in [5.74, 6) is 1.31. The fourth-order valence-electron chi connectivity index (χ4n) is 3.30. The minimum absolute atomic E-state index is 0.0759. The van der Waals surface area contributed by atoms with E-state index < -0.39 is 0 Å². The maximum absolute atomic E-state index is 12.4. The van der Waals surface area contributed by atoms with Crippen molar-refractivity contribution in [2.75, 3.05) is 20.8 Å². The molecule has 0 aliphatic carbocycles. The molecule has 28 heavy (non-hydrogen) atoms. The van der Waals surface area contributed by atoms with E-state index in [1.807, 2.05) is 42.5 Å². The SMILES string of the molecule is COc1ccc(CCNC(=O)c2ccc(-n3c(C)ccc3C)cc2)cc1OC. The van der Waals surface area contributed by atoms with Crippen LogP contribution in [0.1, 0.15) is 27.3 Å². The molecule has 1 N–H and O–H groups in total. The Morgan fingerprint density at radius 2 is 1.54 bits per heavy atom. The van der Waals surface area contributed by atoms with Gasteiger partial charge in [-0.15, -0.1) is 0 Å². The Balaban J connectivity index is 1.60. The molecule has 0 saturated carbocycles. The number of carbonyl (C=O) groups is 1. The lowest BCUT2D eigenvalue weighted by Crippen LogP contribution is -2.25. The second-order valence-electron chi connectivity index (χ2n) is 6.69. The van der Waals surface area contributed by atoms with Gasteiger partial charge in [-0.25, -0.2) is 0 Å². The van der Waals surface area contributed by atoms with Crippen LogP contribution in [-0.4, -0.2) is 31.2 Å². The number of rotatable bonds is 7. The zero-order valence-corrected chi connectivity index (χ0v) is 16.8. The molecule has 0 fully saturated rings. The number of nitrogens with zero attached hydrogens (tertiary/aromatic N) is 1. The van der Waals surface area contributed by atoms with Gasteiger partial charge in [-0.1, -0.05) is 6.07 Å². The van der Waals surface area contributed by atoms with E-state index in [-0.39, 0.29) is 5.91 Å². The van der Waals surface area contributed by atoms with Crippen molar-refractivity contribution in [3.63, 3.8) is 0 Å². The van der Waals surface area contributed by atoms with Crippen molar-refractivity contribution in [2.24, 2.45) is 0 Å². The highest BCUT2D eigenvalue weighted by Crippen LogP contribution is 2.27. The quantitative estimate of drug-likeness (QED) is 0.674. The zero-order valence-electron chi connectivity index (χ0n) is 16.8. The predicted molar refractivity (Wildman–Crippen MR) is 111 cm³/mol. The van der Waals surface area contributed by atoms with Crippen molar-refractivity contribution in [3.8, 4) is 17.2 Å². The number of aryl methyl sites for hydroxylation is 2. The Labute approximate surface area is 165 Å². The van der Waals surface area contributed by atoms with E-state index in [1.54, 1.807) is 14.2 Å². The van der Waals surface area contributed by atoms with E-state index in [1.165, 1.54) is 11.4 Å². The molecular weight excluding hydrogens is 352 g/mol. The normalized spacial score (nSPS) is 10.6. The fraction of sp³-hybridized carbons (Fsp3) is 0.261. The first-order valence-corrected chi connectivity index (χ1v) is 9.28. The maximum Gasteiger partial charge on any atom is 0.251 e. The average Bonchev–Trinajstić information content (AvgIpc) is 3.06. The molecule has 3 rings (SSSR count). The monoisotopic (exact) mass is 378 g/mol. The van der Waals surface area contributed by atoms with Crippen LogP contribution in [0.4, 0.5) is 0 Å². The van der Waals surface area contributed by atoms with Crippen LogP contribution in [0.5, 0.6) is 11.5 Å². The third-order valence-corrected chi connectivity index (χ3v) is 4.81. The molecule has 0 radical (unpaired) electrons. The molecule has 1 amide bonds. The topological polar surface area (TPSA) is 52.5 Å². The highest BCUT2D eigenvalue weighted by molar-refractivity contribution is 5.94. The molecule has 5 heteroatoms. The minimum atomic E-state index is -0.0759. The van der Waals surface area contributed by atoms with Crippen LogP contribution >= 0.6 is 0 Å². The molecule has 0 spiro atoms. The first-order valence-electron chi connectivity index (χ1n) is 9.28. The number of nitrogens with one attached hydrogen (secondary N) is 1. The van der Waals surface area contributed by atoms with Crippen molar-refractivity contribution < 1.29 is 14.3 Å². The molecular formula is C23H26N2O3. The largest absolute Gasteiger partial charge is 0.493 e. The van der Waals surface area contributed by atoms with E-state index in [0.29, 0.717) is 30.0 Å². The van der Waals surface area contributed by atoms with E-state index in [2.05, 4.69) is 35.9 Å². The van der Waals surface area contributed by atoms with Crippen molar-refractivity contribution in [3.05, 3.63) is 77.1 Å². The van der Waals surface area contributed by atoms with E-state index >= 15 is 0 Å². The van der Waals surface area contributed by atoms with Gasteiger partial charge in [0.1, 0.15) is 0 Å². The molecule has 2 aromatic carbocycles. The Morgan fingerprint density at radius 3 is 2.14 bits per heavy atom. The van der Waals surface area contributed by atoms with Gasteiger partial charge in [0.15, 0.2) is 11.5 Å². The molecule has 1 aromatic heterocycles. The van der Waals surface area contributed by atoms with Gasteiger partial charge in [0, 0.05) is 29.2 Å². The number of carbonyl (C=O) groups excluding carboxylic acids is 1. The van der Waals surface area contributed by atoms with Gasteiger partial charge in [-0.3, -0.25) is 4.79 Å². The van der Waals surface area contributed by atoms with E-state index in [0.717, 1.165) is 11.3 Å². The Morgan fingerprint density at radius 1 is 0.893 bits per heavy atom. The Hall–Kier alpha value is -3.21. The summed E-state index contributed by atoms with van der Waals surface area (Å²) in [6.07, 6.45) is 0.714. The second kappa shape index (κ2) is 8.65. The molecule has 0 aliphatic rings. The summed E-state index contributed by atoms with van der Waals surface area (Å²) in [6, 6.07) is 17.6. The lowest BCUT2D eigenvalue weighted by atomic mass is 10.1. The van der Waals surface area contributed by atoms with Gasteiger partial charge in [0.2, 0.25) is 0 Å². The molecule has 0 atom stereocenters. The summed E-state index contributed by atoms with van der Waals surface area (Å²) in [5, 5.41) is 2.97. The number of hydrogen-bond donors (Lipinski definition) is 1. The lowest BCUT2D eigenvalue weighted by Gasteiger charge is -2.11. The Kier molecular flexibility index (Phi) is 6.04. The molecule has 0 bridgehead atoms. The van der Waals surface area contributed by atoms with Crippen molar-refractivity contribution in [1.82, 2.24) is 9.88 Å². The molecule has 3 aromatic rings. The average molecular weight is 378 g/mol. The standard InChI is InChI=1S/C23H26N2O3/c1-16-5-6-17(2)25(16)20-10-8-19(9-11-20)23(26)24-14-13-18-7-12-21(27-3)22(15-18)28-4/h5-12,15H,13-14H2,1-4H3,(H,24,26). The van der Waals surface area contributed by atoms with Crippen LogP contribution in [0, 0.1) is 13.8 Å². The molecule has 5 nitrogen and oxygen atoms in total. The van der Waals surface area contributed by atoms with Crippen molar-refractivity contribution >= 4 is 5.91 Å². The zero-order chi connectivity index (χ0) is 20.1. The number of ether oxygens (including phenoxy) is 2. The molecule has 1 heterocycles. The van der Waals surface area contributed by atoms with Gasteiger partial charge < -0.3 is 19.4 Å². The van der Waals surface area contributed by atoms with Crippen molar-refractivity contribution in [2.45, 2.75) is 20.3 Å². The van der Waals surface area contributed by atoms with E-state index in [4.69, 9.17) is 9.47 Å². The van der Waals surface area contributed by atoms with Crippen LogP contribution in [0.15, 0.2) is 54.6 Å². The summed E-state index contributed by atoms with van der Waals surface area (Å²) in [5.41, 5.74) is 5.13. The molecule has 0 saturated heterocycles. The summed E-state index contributed by atoms with van der Waals surface area (Å²) < 4.78 is 12.7. The molecule has 0 unspecified atom stereocenters. The highest BCUT2D eigenvalue weighted by Gasteiger charge is 2.09. The summed E-state index contributed by atoms with van der Waals surface area (Å²) >= 11 is 0. The second-order valence-corrected chi connectivity index (χ2v) is 6.69. The van der Waals surface area contributed by atoms with E-state index in [9.17, 15) is 4.79 Å². The minimum Gasteiger partial charge on any atom is -0.493 e. The number of benzene rings is 2. The molecule has 0 aliphatic heterocycles. The fourth-order valence-corrected chi connectivity index (χ4v) is 3.30. The van der Waals surface area contributed by atoms with Gasteiger partial charge in [0.25, 0.3) is 5.91 Å². The smallest absolute Gasteiger partial charge is 0.251 e. The third kappa shape index (κ3) is 4.19. The van der Waals surface area contributed by atoms with Gasteiger partial charge in [-0.2, -0.15) is 0 Å². The van der Waals surface area contributed by atoms with Crippen LogP contribution in [-0.2, 0) is 6.42 Å². The lowest BCUT2D eigenvalue weighted by molar-refractivity contribution is 0.0954. The number of methoxy groups -OCH3 is 2. The summed E-state index contributed by atoms with van der Waals surface area (Å²) in [6.45, 7) is 4.69. The van der Waals surface area contributed by atoms with Gasteiger partial charge in [-0.05, 0) is 74.4 Å². The van der Waals surface area contributed by atoms with Crippen LogP contribution in [0.2, 0.25) is 0 Å². The number of amides is 1. The predicted octanol–water partition coefficient (Wildman–Crippen LogP) is 4.08. The van der Waals surface area contributed by atoms with Crippen LogP contribution < -0.4 is 14.8 Å².